The molecule has 2 aromatic carbocycles. The Morgan fingerprint density at radius 1 is 0.866 bits per heavy atom. The summed E-state index contributed by atoms with van der Waals surface area (Å²) in [6.45, 7) is 10.6. The number of imide groups is 1. The molecule has 5 heterocycles. The number of anilines is 5. The maximum Gasteiger partial charge on any atom is 0.344 e. The van der Waals surface area contributed by atoms with Crippen LogP contribution in [0, 0.1) is 5.82 Å². The average Bonchev–Trinajstić information content (AvgIpc) is 1.63. The number of carbonyl (C=O) groups excluding carboxylic acids is 6. The number of sulfonamides is 1. The van der Waals surface area contributed by atoms with E-state index in [-0.39, 0.29) is 63.0 Å². The van der Waals surface area contributed by atoms with E-state index in [0.717, 1.165) is 55.3 Å². The minimum absolute atomic E-state index is 0.000883. The van der Waals surface area contributed by atoms with Crippen LogP contribution in [0.2, 0.25) is 10.3 Å². The number of para-hydroxylation sites is 2. The maximum absolute atomic E-state index is 14.5. The van der Waals surface area contributed by atoms with E-state index in [0.29, 0.717) is 54.8 Å². The van der Waals surface area contributed by atoms with Gasteiger partial charge in [0.1, 0.15) is 23.9 Å². The fourth-order valence-electron chi connectivity index (χ4n) is 8.41. The van der Waals surface area contributed by atoms with Crippen molar-refractivity contribution in [3.05, 3.63) is 93.6 Å². The van der Waals surface area contributed by atoms with Crippen molar-refractivity contribution in [2.45, 2.75) is 102 Å². The largest absolute Gasteiger partial charge is 0.489 e. The molecule has 8 rings (SSSR count). The van der Waals surface area contributed by atoms with Crippen molar-refractivity contribution in [2.24, 2.45) is 0 Å². The number of methoxy groups -OCH3 is 2. The average molecular weight is 1480 g/mol. The van der Waals surface area contributed by atoms with Crippen LogP contribution in [-0.2, 0) is 43.3 Å². The Hall–Kier alpha value is -8.34. The number of hydrogen-bond acceptors (Lipinski definition) is 24. The number of rotatable bonds is 23. The van der Waals surface area contributed by atoms with Gasteiger partial charge in [-0.15, -0.1) is 0 Å². The van der Waals surface area contributed by atoms with Gasteiger partial charge in [-0.1, -0.05) is 66.7 Å². The van der Waals surface area contributed by atoms with Gasteiger partial charge in [-0.3, -0.25) is 39.2 Å². The maximum atomic E-state index is 14.5. The minimum Gasteiger partial charge on any atom is -0.489 e. The van der Waals surface area contributed by atoms with Crippen LogP contribution in [0.1, 0.15) is 89.9 Å². The van der Waals surface area contributed by atoms with Crippen LogP contribution in [0.15, 0.2) is 77.0 Å². The molecule has 0 saturated heterocycles. The van der Waals surface area contributed by atoms with E-state index in [9.17, 15) is 50.9 Å². The first-order valence-electron chi connectivity index (χ1n) is 29.3. The smallest absolute Gasteiger partial charge is 0.344 e. The van der Waals surface area contributed by atoms with E-state index < -0.39 is 88.4 Å². The third-order valence-corrected chi connectivity index (χ3v) is 15.4. The van der Waals surface area contributed by atoms with Gasteiger partial charge in [0, 0.05) is 50.1 Å². The Kier molecular flexibility index (Phi) is 32.7. The lowest BCUT2D eigenvalue weighted by Gasteiger charge is -2.35. The van der Waals surface area contributed by atoms with Crippen molar-refractivity contribution in [1.29, 1.82) is 0 Å². The number of unbranched alkanes of at least 4 members (excludes halogenated alkanes) is 2. The fraction of sp³-hybridized carbons (Fsp3) is 0.431. The van der Waals surface area contributed by atoms with Crippen molar-refractivity contribution in [3.8, 4) is 23.3 Å². The summed E-state index contributed by atoms with van der Waals surface area (Å²) in [6.07, 6.45) is 5.99. The molecule has 0 bridgehead atoms. The Bertz CT molecular complexity index is 3740. The number of hydrogen-bond donors (Lipinski definition) is 8. The van der Waals surface area contributed by atoms with Gasteiger partial charge in [-0.25, -0.2) is 28.6 Å². The number of urea groups is 1. The highest BCUT2D eigenvalue weighted by molar-refractivity contribution is 7.90. The molecule has 530 valence electrons. The highest BCUT2D eigenvalue weighted by Gasteiger charge is 2.41. The highest BCUT2D eigenvalue weighted by atomic mass is 35.5. The number of ether oxygens (including phenoxy) is 5. The quantitative estimate of drug-likeness (QED) is 0.0102. The second kappa shape index (κ2) is 39.2. The van der Waals surface area contributed by atoms with E-state index in [1.165, 1.54) is 63.7 Å². The zero-order valence-corrected chi connectivity index (χ0v) is 58.7. The van der Waals surface area contributed by atoms with E-state index in [1.807, 2.05) is 58.9 Å². The first-order chi connectivity index (χ1) is 45.7. The Balaban J connectivity index is 0.000000272. The number of amides is 6. The summed E-state index contributed by atoms with van der Waals surface area (Å²) in [6, 6.07) is 12.6. The molecule has 6 amide bonds. The molecule has 2 aliphatic heterocycles. The van der Waals surface area contributed by atoms with E-state index in [2.05, 4.69) is 51.2 Å². The second-order valence-electron chi connectivity index (χ2n) is 20.8. The molecule has 0 spiro atoms. The number of esters is 1. The fourth-order valence-corrected chi connectivity index (χ4v) is 10.4. The summed E-state index contributed by atoms with van der Waals surface area (Å²) in [5.74, 6) is -2.85. The molecule has 1 aliphatic carbocycles. The molecule has 0 fully saturated rings. The van der Waals surface area contributed by atoms with Crippen molar-refractivity contribution in [2.75, 3.05) is 93.3 Å². The monoisotopic (exact) mass is 1480 g/mol. The van der Waals surface area contributed by atoms with Crippen LogP contribution < -0.4 is 54.7 Å². The van der Waals surface area contributed by atoms with Gasteiger partial charge in [0.25, 0.3) is 33.7 Å². The molecule has 1 unspecified atom stereocenters. The molecule has 32 nitrogen and oxygen atoms in total. The lowest BCUT2D eigenvalue weighted by atomic mass is 9.93. The van der Waals surface area contributed by atoms with Gasteiger partial charge < -0.3 is 59.0 Å². The number of aromatic nitrogens is 6. The standard InChI is InChI=1S/C21H23ClFNO5.C15H18N6O6S.C11H11Cl2NO2.C8H14ClN5.C3H8NO5P/c1-2-3-6-9-28-19(25)12-29-18-11-17(16(23)10-15(18)22)24-20(26)13-7-4-5-8-14(13)21(24)27;1-21(2)13(22)9-6-5-7-16-12(9)28(24,25)20-15(23)19-14-17-10(26-3)8-11(18-14)27-4;1-7-6-16-9-5-3-2-4-8(9)14(7)11(15)10(12)13;1-4-10-7-12-6(9)13-8(14-7)11-5(2)3;5-3(6)1-4-2-10(7,8)9/h10-11H,2-9,12H2,1H3;5-8H,1-4H3,(H2,17,18,19,20,23);2-5,7,10H,6H2,1H3;5H,4H2,1-3H3,(H2,10,11,12,13,14);4H,1-2H2,(H,5,6)(H2,7,8,9). The van der Waals surface area contributed by atoms with E-state index in [1.54, 1.807) is 9.62 Å². The first-order valence-corrected chi connectivity index (χ1v) is 34.2. The van der Waals surface area contributed by atoms with Gasteiger partial charge in [0.2, 0.25) is 34.9 Å². The second-order valence-corrected chi connectivity index (χ2v) is 25.9. The third-order valence-electron chi connectivity index (χ3n) is 12.6. The number of pyridine rings is 1. The van der Waals surface area contributed by atoms with Crippen molar-refractivity contribution in [1.82, 2.24) is 44.8 Å². The Morgan fingerprint density at radius 2 is 1.49 bits per heavy atom. The van der Waals surface area contributed by atoms with Crippen LogP contribution in [-0.4, -0.2) is 184 Å². The molecular weight excluding hydrogens is 1400 g/mol. The zero-order valence-electron chi connectivity index (χ0n) is 53.9. The van der Waals surface area contributed by atoms with Gasteiger partial charge >= 0.3 is 25.6 Å². The van der Waals surface area contributed by atoms with Crippen LogP contribution in [0.3, 0.4) is 0 Å². The molecule has 39 heteroatoms. The molecule has 3 aromatic heterocycles. The van der Waals surface area contributed by atoms with Crippen LogP contribution in [0.5, 0.6) is 23.3 Å². The molecular formula is C58H74Cl4FN14O18PS. The molecule has 97 heavy (non-hydrogen) atoms. The molecule has 8 N–H and O–H groups in total. The molecule has 0 radical (unpaired) electrons. The predicted molar refractivity (Wildman–Crippen MR) is 357 cm³/mol. The molecule has 5 aromatic rings. The SMILES string of the molecule is CC1COc2ccccc2N1C(=O)C(Cl)Cl.CCCCCOC(=O)COc1cc(N2C(=O)C3=C(CCCC3)C2=O)c(F)cc1Cl.CCNc1nc(Cl)nc(NC(C)C)n1.COc1cc(OC)nc(NC(=O)NS(=O)(=O)c2ncccc2C(=O)N(C)C)n1.O=C(O)CNCP(=O)(O)O. The summed E-state index contributed by atoms with van der Waals surface area (Å²) in [5, 5.41) is 17.8. The number of carbonyl (C=O) groups is 7. The number of nitrogens with zero attached hydrogens (tertiary/aromatic N) is 9. The highest BCUT2D eigenvalue weighted by Crippen LogP contribution is 2.40. The van der Waals surface area contributed by atoms with Crippen molar-refractivity contribution in [3.63, 3.8) is 0 Å². The summed E-state index contributed by atoms with van der Waals surface area (Å²) >= 11 is 23.0. The zero-order chi connectivity index (χ0) is 72.3. The minimum atomic E-state index is -4.46. The normalized spacial score (nSPS) is 13.8. The number of benzene rings is 2. The molecule has 3 aliphatic rings. The lowest BCUT2D eigenvalue weighted by molar-refractivity contribution is -0.146. The lowest BCUT2D eigenvalue weighted by Crippen LogP contribution is -2.47. The first kappa shape index (κ1) is 81.1. The van der Waals surface area contributed by atoms with E-state index in [4.69, 9.17) is 85.0 Å². The Morgan fingerprint density at radius 3 is 2.06 bits per heavy atom. The van der Waals surface area contributed by atoms with Gasteiger partial charge in [0.05, 0.1) is 67.7 Å². The van der Waals surface area contributed by atoms with E-state index >= 15 is 0 Å². The van der Waals surface area contributed by atoms with Crippen molar-refractivity contribution >= 4 is 135 Å². The Labute approximate surface area is 577 Å². The summed E-state index contributed by atoms with van der Waals surface area (Å²) in [7, 11) is -2.94. The number of nitrogens with one attached hydrogen (secondary N) is 5. The van der Waals surface area contributed by atoms with Crippen molar-refractivity contribution < 1.29 is 89.5 Å². The predicted octanol–water partition coefficient (Wildman–Crippen LogP) is 7.61. The number of halogens is 5. The van der Waals surface area contributed by atoms with Crippen LogP contribution >= 0.6 is 54.0 Å². The van der Waals surface area contributed by atoms with Crippen LogP contribution in [0.25, 0.3) is 0 Å². The number of carboxylic acids is 1. The number of carboxylic acid groups (broad SMARTS) is 1. The number of aliphatic carboxylic acids is 1. The summed E-state index contributed by atoms with van der Waals surface area (Å²) < 4.78 is 77.2. The van der Waals surface area contributed by atoms with Gasteiger partial charge in [-0.2, -0.15) is 33.3 Å². The molecule has 0 saturated carbocycles. The third kappa shape index (κ3) is 25.9. The van der Waals surface area contributed by atoms with Gasteiger partial charge in [-0.05, 0) is 102 Å². The number of alkyl halides is 2. The molecule has 1 atom stereocenters. The topological polar surface area (TPSA) is 425 Å². The van der Waals surface area contributed by atoms with Gasteiger partial charge in [0.15, 0.2) is 16.5 Å². The van der Waals surface area contributed by atoms with Crippen LogP contribution in [0.4, 0.5) is 38.4 Å². The number of fused-ring (bicyclic) bond motifs is 1. The summed E-state index contributed by atoms with van der Waals surface area (Å²) in [4.78, 5) is 125. The summed E-state index contributed by atoms with van der Waals surface area (Å²) in [5.41, 5.74) is 1.21.